The lowest BCUT2D eigenvalue weighted by Crippen LogP contribution is -2.44. The second kappa shape index (κ2) is 5.70. The van der Waals surface area contributed by atoms with Gasteiger partial charge in [-0.2, -0.15) is 0 Å². The lowest BCUT2D eigenvalue weighted by Gasteiger charge is -2.27. The third kappa shape index (κ3) is 3.51. The molecule has 3 N–H and O–H groups in total. The van der Waals surface area contributed by atoms with E-state index in [-0.39, 0.29) is 18.4 Å². The van der Waals surface area contributed by atoms with E-state index in [2.05, 4.69) is 5.32 Å². The summed E-state index contributed by atoms with van der Waals surface area (Å²) in [5.74, 6) is -0.317. The van der Waals surface area contributed by atoms with Crippen LogP contribution in [-0.4, -0.2) is 42.9 Å². The number of carbonyl (C=O) groups excluding carboxylic acids is 2. The van der Waals surface area contributed by atoms with Crippen molar-refractivity contribution in [3.8, 4) is 0 Å². The van der Waals surface area contributed by atoms with Gasteiger partial charge >= 0.3 is 0 Å². The van der Waals surface area contributed by atoms with Crippen LogP contribution in [0, 0.1) is 5.92 Å². The smallest absolute Gasteiger partial charge is 0.237 e. The third-order valence-corrected chi connectivity index (χ3v) is 2.73. The molecule has 1 fully saturated rings. The Bertz CT molecular complexity index is 237. The number of rotatable bonds is 4. The van der Waals surface area contributed by atoms with Crippen LogP contribution in [0.15, 0.2) is 0 Å². The van der Waals surface area contributed by atoms with Crippen LogP contribution in [0.1, 0.15) is 19.8 Å². The maximum absolute atomic E-state index is 12.0. The molecule has 0 aromatic rings. The van der Waals surface area contributed by atoms with Gasteiger partial charge in [-0.15, -0.1) is 0 Å². The second-order valence-corrected chi connectivity index (χ2v) is 3.84. The van der Waals surface area contributed by atoms with Crippen LogP contribution in [-0.2, 0) is 9.59 Å². The molecule has 0 aliphatic carbocycles. The number of piperidine rings is 1. The first-order valence-electron chi connectivity index (χ1n) is 5.43. The average molecular weight is 213 g/mol. The number of hydrogen-bond donors (Lipinski definition) is 2. The lowest BCUT2D eigenvalue weighted by atomic mass is 9.96. The summed E-state index contributed by atoms with van der Waals surface area (Å²) in [6.45, 7) is 4.21. The fraction of sp³-hybridized carbons (Fsp3) is 0.800. The standard InChI is InChI=1S/C10H19N3O2/c1-2-13(7-9(11)14)10(15)8-3-5-12-6-4-8/h8,12H,2-7H2,1H3,(H2,11,14). The Labute approximate surface area is 90.0 Å². The molecule has 1 rings (SSSR count). The van der Waals surface area contributed by atoms with Gasteiger partial charge in [0.25, 0.3) is 0 Å². The van der Waals surface area contributed by atoms with E-state index in [9.17, 15) is 9.59 Å². The number of nitrogens with zero attached hydrogens (tertiary/aromatic N) is 1. The average Bonchev–Trinajstić information content (AvgIpc) is 2.26. The number of carbonyl (C=O) groups is 2. The minimum atomic E-state index is -0.445. The Balaban J connectivity index is 2.50. The second-order valence-electron chi connectivity index (χ2n) is 3.84. The first kappa shape index (κ1) is 12.0. The van der Waals surface area contributed by atoms with Crippen molar-refractivity contribution in [1.29, 1.82) is 0 Å². The van der Waals surface area contributed by atoms with Crippen LogP contribution in [0.4, 0.5) is 0 Å². The summed E-state index contributed by atoms with van der Waals surface area (Å²) in [6, 6.07) is 0. The fourth-order valence-corrected chi connectivity index (χ4v) is 1.86. The van der Waals surface area contributed by atoms with E-state index in [1.807, 2.05) is 6.92 Å². The Kier molecular flexibility index (Phi) is 4.55. The normalized spacial score (nSPS) is 17.4. The zero-order valence-corrected chi connectivity index (χ0v) is 9.16. The van der Waals surface area contributed by atoms with Gasteiger partial charge in [0.15, 0.2) is 0 Å². The predicted molar refractivity (Wildman–Crippen MR) is 57.0 cm³/mol. The number of likely N-dealkylation sites (N-methyl/N-ethyl adjacent to an activating group) is 1. The lowest BCUT2D eigenvalue weighted by molar-refractivity contribution is -0.139. The Morgan fingerprint density at radius 2 is 2.00 bits per heavy atom. The fourth-order valence-electron chi connectivity index (χ4n) is 1.86. The van der Waals surface area contributed by atoms with E-state index >= 15 is 0 Å². The van der Waals surface area contributed by atoms with Crippen molar-refractivity contribution in [3.63, 3.8) is 0 Å². The Morgan fingerprint density at radius 1 is 1.40 bits per heavy atom. The maximum Gasteiger partial charge on any atom is 0.237 e. The predicted octanol–water partition coefficient (Wildman–Crippen LogP) is -0.680. The van der Waals surface area contributed by atoms with E-state index < -0.39 is 5.91 Å². The summed E-state index contributed by atoms with van der Waals surface area (Å²) in [7, 11) is 0. The monoisotopic (exact) mass is 213 g/mol. The molecule has 0 atom stereocenters. The topological polar surface area (TPSA) is 75.4 Å². The number of nitrogens with one attached hydrogen (secondary N) is 1. The van der Waals surface area contributed by atoms with E-state index in [4.69, 9.17) is 5.73 Å². The van der Waals surface area contributed by atoms with E-state index in [0.717, 1.165) is 25.9 Å². The molecule has 1 aliphatic heterocycles. The number of hydrogen-bond acceptors (Lipinski definition) is 3. The molecule has 0 unspecified atom stereocenters. The first-order chi connectivity index (χ1) is 7.15. The molecular formula is C10H19N3O2. The van der Waals surface area contributed by atoms with Gasteiger partial charge in [-0.25, -0.2) is 0 Å². The van der Waals surface area contributed by atoms with Crippen LogP contribution in [0.3, 0.4) is 0 Å². The molecule has 0 bridgehead atoms. The van der Waals surface area contributed by atoms with E-state index in [1.165, 1.54) is 0 Å². The summed E-state index contributed by atoms with van der Waals surface area (Å²) in [5.41, 5.74) is 5.09. The largest absolute Gasteiger partial charge is 0.368 e. The maximum atomic E-state index is 12.0. The molecular weight excluding hydrogens is 194 g/mol. The van der Waals surface area contributed by atoms with Crippen LogP contribution in [0.5, 0.6) is 0 Å². The highest BCUT2D eigenvalue weighted by atomic mass is 16.2. The van der Waals surface area contributed by atoms with Gasteiger partial charge in [-0.3, -0.25) is 9.59 Å². The molecule has 2 amide bonds. The van der Waals surface area contributed by atoms with Gasteiger partial charge in [-0.05, 0) is 32.9 Å². The quantitative estimate of drug-likeness (QED) is 0.649. The van der Waals surface area contributed by atoms with Crippen LogP contribution in [0.25, 0.3) is 0 Å². The van der Waals surface area contributed by atoms with E-state index in [0.29, 0.717) is 6.54 Å². The zero-order valence-electron chi connectivity index (χ0n) is 9.16. The third-order valence-electron chi connectivity index (χ3n) is 2.73. The van der Waals surface area contributed by atoms with Crippen molar-refractivity contribution in [1.82, 2.24) is 10.2 Å². The van der Waals surface area contributed by atoms with Crippen LogP contribution < -0.4 is 11.1 Å². The molecule has 1 heterocycles. The molecule has 5 heteroatoms. The first-order valence-corrected chi connectivity index (χ1v) is 5.43. The van der Waals surface area contributed by atoms with Crippen LogP contribution >= 0.6 is 0 Å². The highest BCUT2D eigenvalue weighted by Crippen LogP contribution is 2.14. The van der Waals surface area contributed by atoms with Crippen molar-refractivity contribution in [2.45, 2.75) is 19.8 Å². The zero-order chi connectivity index (χ0) is 11.3. The highest BCUT2D eigenvalue weighted by molar-refractivity contribution is 5.85. The van der Waals surface area contributed by atoms with Crippen molar-refractivity contribution in [3.05, 3.63) is 0 Å². The molecule has 1 saturated heterocycles. The van der Waals surface area contributed by atoms with Gasteiger partial charge < -0.3 is 16.0 Å². The molecule has 0 spiro atoms. The van der Waals surface area contributed by atoms with Gasteiger partial charge in [0.1, 0.15) is 0 Å². The SMILES string of the molecule is CCN(CC(N)=O)C(=O)C1CCNCC1. The summed E-state index contributed by atoms with van der Waals surface area (Å²) in [5, 5.41) is 3.20. The number of primary amides is 1. The van der Waals surface area contributed by atoms with Crippen LogP contribution in [0.2, 0.25) is 0 Å². The Morgan fingerprint density at radius 3 is 2.47 bits per heavy atom. The highest BCUT2D eigenvalue weighted by Gasteiger charge is 2.25. The minimum absolute atomic E-state index is 0.0409. The summed E-state index contributed by atoms with van der Waals surface area (Å²) in [4.78, 5) is 24.3. The number of amides is 2. The van der Waals surface area contributed by atoms with Crippen molar-refractivity contribution >= 4 is 11.8 Å². The van der Waals surface area contributed by atoms with E-state index in [1.54, 1.807) is 4.90 Å². The molecule has 15 heavy (non-hydrogen) atoms. The minimum Gasteiger partial charge on any atom is -0.368 e. The van der Waals surface area contributed by atoms with Gasteiger partial charge in [-0.1, -0.05) is 0 Å². The molecule has 0 aromatic heterocycles. The summed E-state index contributed by atoms with van der Waals surface area (Å²) >= 11 is 0. The van der Waals surface area contributed by atoms with Crippen molar-refractivity contribution < 1.29 is 9.59 Å². The summed E-state index contributed by atoms with van der Waals surface area (Å²) in [6.07, 6.45) is 1.71. The van der Waals surface area contributed by atoms with Crippen molar-refractivity contribution in [2.24, 2.45) is 11.7 Å². The molecule has 86 valence electrons. The van der Waals surface area contributed by atoms with Gasteiger partial charge in [0, 0.05) is 12.5 Å². The summed E-state index contributed by atoms with van der Waals surface area (Å²) < 4.78 is 0. The van der Waals surface area contributed by atoms with Gasteiger partial charge in [0.05, 0.1) is 6.54 Å². The molecule has 5 nitrogen and oxygen atoms in total. The molecule has 0 aromatic carbocycles. The molecule has 0 radical (unpaired) electrons. The van der Waals surface area contributed by atoms with Gasteiger partial charge in [0.2, 0.25) is 11.8 Å². The molecule has 0 saturated carbocycles. The Hall–Kier alpha value is -1.10. The molecule has 1 aliphatic rings. The van der Waals surface area contributed by atoms with Crippen molar-refractivity contribution in [2.75, 3.05) is 26.2 Å². The number of nitrogens with two attached hydrogens (primary N) is 1.